The molecule has 96 valence electrons. The molecule has 0 spiro atoms. The first-order valence-electron chi connectivity index (χ1n) is 4.65. The van der Waals surface area contributed by atoms with Crippen molar-refractivity contribution in [2.24, 2.45) is 0 Å². The fourth-order valence-electron chi connectivity index (χ4n) is 1.00. The molecule has 0 atom stereocenters. The lowest BCUT2D eigenvalue weighted by Crippen LogP contribution is -2.03. The highest BCUT2D eigenvalue weighted by Crippen LogP contribution is 2.24. The first-order valence-corrected chi connectivity index (χ1v) is 5.41. The van der Waals surface area contributed by atoms with E-state index in [1.807, 2.05) is 6.07 Å². The summed E-state index contributed by atoms with van der Waals surface area (Å²) in [5.41, 5.74) is 10.3. The third-order valence-electron chi connectivity index (χ3n) is 1.78. The number of hydrogen-bond acceptors (Lipinski definition) is 4. The number of pyridine rings is 1. The van der Waals surface area contributed by atoms with Crippen LogP contribution in [0.2, 0.25) is 10.2 Å². The molecule has 0 aliphatic carbocycles. The zero-order valence-electron chi connectivity index (χ0n) is 9.02. The molecule has 2 heterocycles. The Morgan fingerprint density at radius 2 is 2.06 bits per heavy atom. The zero-order valence-corrected chi connectivity index (χ0v) is 10.5. The summed E-state index contributed by atoms with van der Waals surface area (Å²) < 4.78 is 0. The van der Waals surface area contributed by atoms with Crippen molar-refractivity contribution in [1.29, 1.82) is 0 Å². The monoisotopic (exact) mass is 288 g/mol. The van der Waals surface area contributed by atoms with Crippen molar-refractivity contribution in [1.82, 2.24) is 9.97 Å². The van der Waals surface area contributed by atoms with Crippen LogP contribution in [-0.2, 0) is 0 Å². The minimum absolute atomic E-state index is 0.00861. The number of aromatic amines is 1. The van der Waals surface area contributed by atoms with Gasteiger partial charge in [-0.05, 0) is 18.2 Å². The van der Waals surface area contributed by atoms with Crippen LogP contribution in [0.4, 0.5) is 11.5 Å². The Morgan fingerprint density at radius 1 is 1.39 bits per heavy atom. The summed E-state index contributed by atoms with van der Waals surface area (Å²) in [6.45, 7) is 0. The van der Waals surface area contributed by atoms with E-state index in [9.17, 15) is 4.79 Å². The Hall–Kier alpha value is -1.92. The quantitative estimate of drug-likeness (QED) is 0.600. The van der Waals surface area contributed by atoms with Crippen LogP contribution in [0.25, 0.3) is 0 Å². The van der Waals surface area contributed by atoms with E-state index in [4.69, 9.17) is 39.8 Å². The van der Waals surface area contributed by atoms with E-state index in [1.165, 1.54) is 6.07 Å². The number of H-pyrrole nitrogens is 1. The molecular weight excluding hydrogens is 279 g/mol. The summed E-state index contributed by atoms with van der Waals surface area (Å²) in [5, 5.41) is 8.47. The van der Waals surface area contributed by atoms with Gasteiger partial charge in [-0.15, -0.1) is 0 Å². The maximum atomic E-state index is 10.5. The van der Waals surface area contributed by atoms with Crippen molar-refractivity contribution in [2.75, 3.05) is 11.5 Å². The van der Waals surface area contributed by atoms with Crippen LogP contribution in [0.5, 0.6) is 0 Å². The second-order valence-corrected chi connectivity index (χ2v) is 3.89. The molecule has 6 N–H and O–H groups in total. The molecule has 18 heavy (non-hydrogen) atoms. The Morgan fingerprint density at radius 3 is 2.44 bits per heavy atom. The Kier molecular flexibility index (Phi) is 4.82. The number of hydrogen-bond donors (Lipinski definition) is 4. The molecule has 0 bridgehead atoms. The maximum Gasteiger partial charge on any atom is 0.356 e. The number of nitrogens with zero attached hydrogens (tertiary/aromatic N) is 1. The molecule has 0 fully saturated rings. The van der Waals surface area contributed by atoms with Gasteiger partial charge in [0.1, 0.15) is 11.0 Å². The first-order chi connectivity index (χ1) is 8.41. The Bertz CT molecular complexity index is 543. The normalized spacial score (nSPS) is 9.44. The van der Waals surface area contributed by atoms with E-state index in [0.717, 1.165) is 5.82 Å². The van der Waals surface area contributed by atoms with E-state index < -0.39 is 5.97 Å². The molecule has 0 unspecified atom stereocenters. The van der Waals surface area contributed by atoms with Crippen LogP contribution >= 0.6 is 23.2 Å². The van der Waals surface area contributed by atoms with E-state index >= 15 is 0 Å². The summed E-state index contributed by atoms with van der Waals surface area (Å²) in [7, 11) is 0. The summed E-state index contributed by atoms with van der Waals surface area (Å²) in [5.74, 6) is -0.538. The molecule has 2 aromatic rings. The molecule has 2 rings (SSSR count). The third kappa shape index (κ3) is 3.83. The highest BCUT2D eigenvalue weighted by molar-refractivity contribution is 6.36. The number of carbonyl (C=O) groups is 1. The summed E-state index contributed by atoms with van der Waals surface area (Å²) in [6.07, 6.45) is 1.79. The highest BCUT2D eigenvalue weighted by atomic mass is 35.5. The number of carboxylic acid groups (broad SMARTS) is 1. The van der Waals surface area contributed by atoms with Crippen LogP contribution in [-0.4, -0.2) is 21.0 Å². The summed E-state index contributed by atoms with van der Waals surface area (Å²) in [6, 6.07) is 4.95. The summed E-state index contributed by atoms with van der Waals surface area (Å²) >= 11 is 11.0. The number of rotatable bonds is 1. The van der Waals surface area contributed by atoms with E-state index in [2.05, 4.69) is 9.97 Å². The molecule has 0 saturated carbocycles. The summed E-state index contributed by atoms with van der Waals surface area (Å²) in [4.78, 5) is 16.7. The van der Waals surface area contributed by atoms with Gasteiger partial charge in [-0.1, -0.05) is 23.2 Å². The average molecular weight is 289 g/mol. The van der Waals surface area contributed by atoms with Crippen LogP contribution < -0.4 is 11.5 Å². The topological polar surface area (TPSA) is 118 Å². The lowest BCUT2D eigenvalue weighted by molar-refractivity contribution is 0.0691. The molecular formula is C10H10Cl2N4O2. The van der Waals surface area contributed by atoms with Crippen molar-refractivity contribution in [2.45, 2.75) is 0 Å². The van der Waals surface area contributed by atoms with Crippen LogP contribution in [0, 0.1) is 0 Å². The maximum absolute atomic E-state index is 10.5. The van der Waals surface area contributed by atoms with Gasteiger partial charge in [0.05, 0.1) is 10.7 Å². The fourth-order valence-corrected chi connectivity index (χ4v) is 1.38. The van der Waals surface area contributed by atoms with E-state index in [1.54, 1.807) is 12.3 Å². The van der Waals surface area contributed by atoms with Gasteiger partial charge < -0.3 is 21.6 Å². The van der Waals surface area contributed by atoms with Crippen molar-refractivity contribution in [3.63, 3.8) is 0 Å². The van der Waals surface area contributed by atoms with Gasteiger partial charge in [0.15, 0.2) is 5.69 Å². The second kappa shape index (κ2) is 6.13. The van der Waals surface area contributed by atoms with Crippen molar-refractivity contribution in [3.8, 4) is 0 Å². The fraction of sp³-hybridized carbons (Fsp3) is 0. The molecule has 2 aromatic heterocycles. The third-order valence-corrected chi connectivity index (χ3v) is 2.37. The first kappa shape index (κ1) is 14.1. The van der Waals surface area contributed by atoms with Crippen molar-refractivity contribution >= 4 is 40.7 Å². The van der Waals surface area contributed by atoms with Crippen molar-refractivity contribution < 1.29 is 9.90 Å². The number of aromatic nitrogens is 2. The van der Waals surface area contributed by atoms with Gasteiger partial charge in [-0.3, -0.25) is 0 Å². The molecule has 0 aromatic carbocycles. The molecule has 0 amide bonds. The number of nitrogens with one attached hydrogen (secondary N) is 1. The predicted molar refractivity (Wildman–Crippen MR) is 70.8 cm³/mol. The zero-order chi connectivity index (χ0) is 13.7. The number of halogens is 2. The van der Waals surface area contributed by atoms with Crippen molar-refractivity contribution in [3.05, 3.63) is 40.3 Å². The van der Waals surface area contributed by atoms with Gasteiger partial charge in [0.2, 0.25) is 0 Å². The van der Waals surface area contributed by atoms with Gasteiger partial charge in [-0.25, -0.2) is 9.78 Å². The van der Waals surface area contributed by atoms with Gasteiger partial charge in [0, 0.05) is 6.20 Å². The highest BCUT2D eigenvalue weighted by Gasteiger charge is 2.13. The van der Waals surface area contributed by atoms with E-state index in [-0.39, 0.29) is 21.6 Å². The van der Waals surface area contributed by atoms with Crippen LogP contribution in [0.1, 0.15) is 10.5 Å². The average Bonchev–Trinajstić information content (AvgIpc) is 2.75. The van der Waals surface area contributed by atoms with Crippen LogP contribution in [0.3, 0.4) is 0 Å². The molecule has 6 nitrogen and oxygen atoms in total. The van der Waals surface area contributed by atoms with E-state index in [0.29, 0.717) is 0 Å². The lowest BCUT2D eigenvalue weighted by atomic mass is 10.3. The van der Waals surface area contributed by atoms with Crippen LogP contribution in [0.15, 0.2) is 24.4 Å². The number of aromatic carboxylic acids is 1. The standard InChI is InChI=1S/C6H4Cl2N2O2.C4H6N2/c7-3-1-2(9)4(8)5(10-3)6(11)12;5-4-2-1-3-6-4/h1H,(H2,9,10)(H,11,12);1-3,6H,5H2. The minimum Gasteiger partial charge on any atom is -0.476 e. The van der Waals surface area contributed by atoms with Gasteiger partial charge in [0.25, 0.3) is 0 Å². The smallest absolute Gasteiger partial charge is 0.356 e. The predicted octanol–water partition coefficient (Wildman–Crippen LogP) is 2.27. The second-order valence-electron chi connectivity index (χ2n) is 3.13. The molecule has 0 radical (unpaired) electrons. The number of nitrogen functional groups attached to an aromatic ring is 2. The molecule has 0 aliphatic heterocycles. The minimum atomic E-state index is -1.26. The Labute approximate surface area is 113 Å². The van der Waals surface area contributed by atoms with Gasteiger partial charge >= 0.3 is 5.97 Å². The molecule has 0 aliphatic rings. The Balaban J connectivity index is 0.000000225. The number of carboxylic acids is 1. The SMILES string of the molecule is Nc1cc(Cl)nc(C(=O)O)c1Cl.Nc1ccc[nH]1. The largest absolute Gasteiger partial charge is 0.476 e. The number of anilines is 2. The van der Waals surface area contributed by atoms with Gasteiger partial charge in [-0.2, -0.15) is 0 Å². The molecule has 8 heteroatoms. The number of nitrogens with two attached hydrogens (primary N) is 2. The lowest BCUT2D eigenvalue weighted by Gasteiger charge is -2.01. The molecule has 0 saturated heterocycles.